The van der Waals surface area contributed by atoms with Gasteiger partial charge in [0.1, 0.15) is 0 Å². The van der Waals surface area contributed by atoms with Crippen LogP contribution in [0.4, 0.5) is 0 Å². The summed E-state index contributed by atoms with van der Waals surface area (Å²) in [6.45, 7) is 6.83. The second-order valence-corrected chi connectivity index (χ2v) is 6.67. The molecule has 0 radical (unpaired) electrons. The summed E-state index contributed by atoms with van der Waals surface area (Å²) < 4.78 is 6.77. The summed E-state index contributed by atoms with van der Waals surface area (Å²) in [5.41, 5.74) is 1.62. The average molecular weight is 342 g/mol. The molecule has 5 heteroatoms. The number of esters is 1. The molecule has 0 saturated carbocycles. The molecule has 1 atom stereocenters. The zero-order valence-electron chi connectivity index (χ0n) is 15.3. The van der Waals surface area contributed by atoms with Crippen LogP contribution in [0.1, 0.15) is 31.1 Å². The number of aromatic nitrogens is 1. The predicted molar refractivity (Wildman–Crippen MR) is 97.7 cm³/mol. The van der Waals surface area contributed by atoms with Crippen molar-refractivity contribution in [3.8, 4) is 5.69 Å². The van der Waals surface area contributed by atoms with Crippen molar-refractivity contribution in [2.24, 2.45) is 11.8 Å². The minimum Gasteiger partial charge on any atom is -0.469 e. The normalized spacial score (nSPS) is 12.0. The van der Waals surface area contributed by atoms with Crippen molar-refractivity contribution in [1.29, 1.82) is 0 Å². The van der Waals surface area contributed by atoms with Crippen molar-refractivity contribution in [3.63, 3.8) is 0 Å². The third kappa shape index (κ3) is 4.95. The number of carbonyl (C=O) groups is 2. The Balaban J connectivity index is 2.16. The molecule has 0 spiro atoms. The molecular formula is C20H26N2O3. The lowest BCUT2D eigenvalue weighted by molar-refractivity contribution is -0.145. The van der Waals surface area contributed by atoms with Crippen LogP contribution in [0.2, 0.25) is 0 Å². The minimum absolute atomic E-state index is 0.0662. The third-order valence-electron chi connectivity index (χ3n) is 3.99. The van der Waals surface area contributed by atoms with E-state index < -0.39 is 0 Å². The van der Waals surface area contributed by atoms with Crippen LogP contribution in [-0.4, -0.2) is 41.5 Å². The number of carbonyl (C=O) groups excluding carboxylic acids is 2. The van der Waals surface area contributed by atoms with Gasteiger partial charge in [0.15, 0.2) is 0 Å². The van der Waals surface area contributed by atoms with Crippen molar-refractivity contribution in [1.82, 2.24) is 9.47 Å². The number of hydrogen-bond acceptors (Lipinski definition) is 3. The number of methoxy groups -OCH3 is 1. The fourth-order valence-electron chi connectivity index (χ4n) is 2.75. The van der Waals surface area contributed by atoms with Crippen molar-refractivity contribution in [2.45, 2.75) is 20.8 Å². The quantitative estimate of drug-likeness (QED) is 0.725. The van der Waals surface area contributed by atoms with Gasteiger partial charge in [0.2, 0.25) is 0 Å². The summed E-state index contributed by atoms with van der Waals surface area (Å²) in [6, 6.07) is 11.4. The molecule has 0 fully saturated rings. The smallest absolute Gasteiger partial charge is 0.310 e. The predicted octanol–water partition coefficient (Wildman–Crippen LogP) is 3.38. The molecule has 1 heterocycles. The number of ether oxygens (including phenoxy) is 1. The summed E-state index contributed by atoms with van der Waals surface area (Å²) in [7, 11) is 1.37. The molecule has 2 aromatic rings. The first-order valence-electron chi connectivity index (χ1n) is 8.53. The molecule has 2 rings (SSSR count). The molecule has 0 saturated heterocycles. The molecule has 1 aromatic heterocycles. The standard InChI is InChI=1S/C20H26N2O3/c1-15(2)13-22(14-16(3)20(24)25-4)19(23)17-7-9-18(10-8-17)21-11-5-6-12-21/h5-12,15-16H,13-14H2,1-4H3. The molecule has 134 valence electrons. The van der Waals surface area contributed by atoms with Crippen LogP contribution in [0.15, 0.2) is 48.8 Å². The molecule has 0 bridgehead atoms. The number of rotatable bonds is 7. The first-order chi connectivity index (χ1) is 11.9. The molecule has 0 aliphatic rings. The maximum atomic E-state index is 12.9. The fraction of sp³-hybridized carbons (Fsp3) is 0.400. The van der Waals surface area contributed by atoms with Crippen LogP contribution >= 0.6 is 0 Å². The molecule has 0 aliphatic heterocycles. The topological polar surface area (TPSA) is 51.5 Å². The lowest BCUT2D eigenvalue weighted by atomic mass is 10.1. The largest absolute Gasteiger partial charge is 0.469 e. The van der Waals surface area contributed by atoms with Crippen molar-refractivity contribution in [2.75, 3.05) is 20.2 Å². The van der Waals surface area contributed by atoms with E-state index in [9.17, 15) is 9.59 Å². The van der Waals surface area contributed by atoms with Crippen molar-refractivity contribution >= 4 is 11.9 Å². The van der Waals surface area contributed by atoms with Gasteiger partial charge < -0.3 is 14.2 Å². The van der Waals surface area contributed by atoms with Gasteiger partial charge >= 0.3 is 5.97 Å². The first kappa shape index (κ1) is 18.8. The summed E-state index contributed by atoms with van der Waals surface area (Å²) in [6.07, 6.45) is 3.92. The van der Waals surface area contributed by atoms with Gasteiger partial charge in [0, 0.05) is 36.7 Å². The van der Waals surface area contributed by atoms with Crippen molar-refractivity contribution in [3.05, 3.63) is 54.4 Å². The van der Waals surface area contributed by atoms with E-state index in [0.717, 1.165) is 5.69 Å². The summed E-state index contributed by atoms with van der Waals surface area (Å²) in [5.74, 6) is -0.409. The Morgan fingerprint density at radius 1 is 1.04 bits per heavy atom. The third-order valence-corrected chi connectivity index (χ3v) is 3.99. The van der Waals surface area contributed by atoms with E-state index in [1.54, 1.807) is 11.8 Å². The van der Waals surface area contributed by atoms with Crippen LogP contribution < -0.4 is 0 Å². The average Bonchev–Trinajstić information content (AvgIpc) is 3.14. The Morgan fingerprint density at radius 3 is 2.16 bits per heavy atom. The van der Waals surface area contributed by atoms with Crippen molar-refractivity contribution < 1.29 is 14.3 Å². The maximum absolute atomic E-state index is 12.9. The number of amides is 1. The van der Waals surface area contributed by atoms with E-state index in [2.05, 4.69) is 13.8 Å². The fourth-order valence-corrected chi connectivity index (χ4v) is 2.75. The molecule has 5 nitrogen and oxygen atoms in total. The summed E-state index contributed by atoms with van der Waals surface area (Å²) >= 11 is 0. The van der Waals surface area contributed by atoms with E-state index in [1.807, 2.05) is 53.4 Å². The van der Waals surface area contributed by atoms with Gasteiger partial charge in [0.05, 0.1) is 13.0 Å². The van der Waals surface area contributed by atoms with Gasteiger partial charge in [-0.1, -0.05) is 20.8 Å². The van der Waals surface area contributed by atoms with Crippen LogP contribution in [-0.2, 0) is 9.53 Å². The number of benzene rings is 1. The Morgan fingerprint density at radius 2 is 1.64 bits per heavy atom. The molecule has 1 unspecified atom stereocenters. The van der Waals surface area contributed by atoms with Gasteiger partial charge in [-0.3, -0.25) is 9.59 Å². The summed E-state index contributed by atoms with van der Waals surface area (Å²) in [4.78, 5) is 26.3. The van der Waals surface area contributed by atoms with Crippen LogP contribution in [0, 0.1) is 11.8 Å². The lowest BCUT2D eigenvalue weighted by Gasteiger charge is -2.27. The van der Waals surface area contributed by atoms with E-state index in [-0.39, 0.29) is 17.8 Å². The highest BCUT2D eigenvalue weighted by Crippen LogP contribution is 2.14. The Labute approximate surface area is 149 Å². The summed E-state index contributed by atoms with van der Waals surface area (Å²) in [5, 5.41) is 0. The SMILES string of the molecule is COC(=O)C(C)CN(CC(C)C)C(=O)c1ccc(-n2cccc2)cc1. The highest BCUT2D eigenvalue weighted by molar-refractivity contribution is 5.94. The van der Waals surface area contributed by atoms with Gasteiger partial charge in [-0.15, -0.1) is 0 Å². The van der Waals surface area contributed by atoms with E-state index >= 15 is 0 Å². The second kappa shape index (κ2) is 8.51. The number of hydrogen-bond donors (Lipinski definition) is 0. The zero-order valence-corrected chi connectivity index (χ0v) is 15.3. The van der Waals surface area contributed by atoms with Crippen LogP contribution in [0.3, 0.4) is 0 Å². The number of nitrogens with zero attached hydrogens (tertiary/aromatic N) is 2. The molecule has 25 heavy (non-hydrogen) atoms. The molecule has 0 N–H and O–H groups in total. The molecule has 0 aliphatic carbocycles. The van der Waals surface area contributed by atoms with E-state index in [1.165, 1.54) is 7.11 Å². The Hall–Kier alpha value is -2.56. The first-order valence-corrected chi connectivity index (χ1v) is 8.53. The van der Waals surface area contributed by atoms with Crippen LogP contribution in [0.25, 0.3) is 5.69 Å². The molecule has 1 amide bonds. The van der Waals surface area contributed by atoms with Gasteiger partial charge in [0.25, 0.3) is 5.91 Å². The second-order valence-electron chi connectivity index (χ2n) is 6.67. The van der Waals surface area contributed by atoms with E-state index in [0.29, 0.717) is 24.6 Å². The van der Waals surface area contributed by atoms with Gasteiger partial charge in [-0.05, 0) is 42.3 Å². The Bertz CT molecular complexity index is 690. The van der Waals surface area contributed by atoms with Gasteiger partial charge in [-0.2, -0.15) is 0 Å². The molecular weight excluding hydrogens is 316 g/mol. The molecule has 1 aromatic carbocycles. The highest BCUT2D eigenvalue weighted by Gasteiger charge is 2.23. The highest BCUT2D eigenvalue weighted by atomic mass is 16.5. The lowest BCUT2D eigenvalue weighted by Crippen LogP contribution is -2.39. The maximum Gasteiger partial charge on any atom is 0.310 e. The zero-order chi connectivity index (χ0) is 18.4. The Kier molecular flexibility index (Phi) is 6.39. The van der Waals surface area contributed by atoms with E-state index in [4.69, 9.17) is 4.74 Å². The monoisotopic (exact) mass is 342 g/mol. The van der Waals surface area contributed by atoms with Gasteiger partial charge in [-0.25, -0.2) is 0 Å². The van der Waals surface area contributed by atoms with Crippen LogP contribution in [0.5, 0.6) is 0 Å². The minimum atomic E-state index is -0.355.